The lowest BCUT2D eigenvalue weighted by Gasteiger charge is -2.59. The van der Waals surface area contributed by atoms with Crippen molar-refractivity contribution in [3.63, 3.8) is 0 Å². The van der Waals surface area contributed by atoms with Gasteiger partial charge in [-0.3, -0.25) is 67.7 Å². The Morgan fingerprint density at radius 2 is 1.29 bits per heavy atom. The average molecular weight is 1640 g/mol. The lowest BCUT2D eigenvalue weighted by atomic mass is 9.46. The number of rotatable bonds is 38. The molecule has 0 spiro atoms. The number of aromatic amines is 2. The fourth-order valence-electron chi connectivity index (χ4n) is 18.7. The second-order valence-corrected chi connectivity index (χ2v) is 34.1. The molecule has 32 heteroatoms. The summed E-state index contributed by atoms with van der Waals surface area (Å²) < 4.78 is 6.16. The first-order chi connectivity index (χ1) is 56.2. The van der Waals surface area contributed by atoms with Crippen LogP contribution in [0, 0.1) is 45.8 Å². The van der Waals surface area contributed by atoms with Crippen LogP contribution in [0.1, 0.15) is 208 Å². The van der Waals surface area contributed by atoms with E-state index in [1.165, 1.54) is 47.3 Å². The maximum Gasteiger partial charge on any atom is 0.306 e. The van der Waals surface area contributed by atoms with Crippen molar-refractivity contribution in [2.24, 2.45) is 46.2 Å². The minimum absolute atomic E-state index is 0.0330. The van der Waals surface area contributed by atoms with Crippen LogP contribution in [0.2, 0.25) is 0 Å². The van der Waals surface area contributed by atoms with Gasteiger partial charge in [-0.05, 0) is 181 Å². The third-order valence-corrected chi connectivity index (χ3v) is 24.9. The number of Topliss-reactive ketones (excluding diaryl/α,β-unsaturated/α-hetero) is 1. The van der Waals surface area contributed by atoms with Crippen LogP contribution in [0.25, 0.3) is 10.9 Å². The number of ether oxygens (including phenoxy) is 1. The van der Waals surface area contributed by atoms with E-state index in [2.05, 4.69) is 88.9 Å². The number of hydrogen-bond donors (Lipinski definition) is 16. The summed E-state index contributed by atoms with van der Waals surface area (Å²) in [6.45, 7) is 17.2. The predicted octanol–water partition coefficient (Wildman–Crippen LogP) is 4.74. The maximum absolute atomic E-state index is 14.7. The molecule has 32 nitrogen and oxygen atoms in total. The molecule has 5 fully saturated rings. The van der Waals surface area contributed by atoms with E-state index in [-0.39, 0.29) is 128 Å². The quantitative estimate of drug-likeness (QED) is 0.0125. The van der Waals surface area contributed by atoms with Gasteiger partial charge in [-0.15, -0.1) is 0 Å². The number of benzene rings is 2. The number of esters is 1. The number of hydrogen-bond acceptors (Lipinski definition) is 18. The fraction of sp³-hybridized carbons (Fsp3) is 0.616. The van der Waals surface area contributed by atoms with E-state index >= 15 is 0 Å². The number of H-pyrrole nitrogens is 2. The second kappa shape index (κ2) is 41.7. The lowest BCUT2D eigenvalue weighted by Crippen LogP contribution is -2.61. The van der Waals surface area contributed by atoms with Crippen LogP contribution in [0.3, 0.4) is 0 Å². The topological polar surface area (TPSA) is 489 Å². The number of unbranched alkanes of at least 4 members (excludes halogenated alkanes) is 2. The summed E-state index contributed by atoms with van der Waals surface area (Å²) in [5, 5.41) is 56.1. The van der Waals surface area contributed by atoms with Crippen molar-refractivity contribution in [3.8, 4) is 5.75 Å². The van der Waals surface area contributed by atoms with Crippen LogP contribution in [-0.4, -0.2) is 199 Å². The number of guanidine groups is 1. The summed E-state index contributed by atoms with van der Waals surface area (Å²) in [6, 6.07) is 1.56. The van der Waals surface area contributed by atoms with Gasteiger partial charge in [0.25, 0.3) is 0 Å². The van der Waals surface area contributed by atoms with Crippen molar-refractivity contribution in [1.82, 2.24) is 73.0 Å². The largest absolute Gasteiger partial charge is 0.508 e. The number of phenols is 1. The molecule has 2 aliphatic heterocycles. The summed E-state index contributed by atoms with van der Waals surface area (Å²) >= 11 is 0. The van der Waals surface area contributed by atoms with Crippen molar-refractivity contribution in [2.45, 2.75) is 270 Å². The minimum Gasteiger partial charge on any atom is -0.508 e. The van der Waals surface area contributed by atoms with Crippen LogP contribution in [0.5, 0.6) is 5.75 Å². The normalized spacial score (nSPS) is 23.6. The molecule has 15 atom stereocenters. The number of aliphatic hydroxyl groups is 1. The number of aromatic hydroxyl groups is 1. The number of amides is 10. The van der Waals surface area contributed by atoms with Crippen molar-refractivity contribution in [1.29, 1.82) is 5.41 Å². The van der Waals surface area contributed by atoms with E-state index in [4.69, 9.17) is 15.9 Å². The molecule has 2 aromatic heterocycles. The number of likely N-dealkylation sites (tertiary alicyclic amines) is 1. The smallest absolute Gasteiger partial charge is 0.306 e. The number of nitrogens with one attached hydrogen (secondary N) is 13. The van der Waals surface area contributed by atoms with Gasteiger partial charge in [0.15, 0.2) is 23.1 Å². The molecular weight excluding hydrogens is 1510 g/mol. The number of carbonyl (C=O) groups is 13. The van der Waals surface area contributed by atoms with Crippen LogP contribution in [-0.2, 0) is 86.3 Å². The molecule has 3 saturated carbocycles. The Morgan fingerprint density at radius 3 is 1.90 bits per heavy atom. The number of carbonyl (C=O) groups excluding carboxylic acids is 13. The Morgan fingerprint density at radius 1 is 0.669 bits per heavy atom. The van der Waals surface area contributed by atoms with Crippen molar-refractivity contribution < 1.29 is 77.3 Å². The maximum atomic E-state index is 14.7. The molecule has 118 heavy (non-hydrogen) atoms. The van der Waals surface area contributed by atoms with Gasteiger partial charge in [0.2, 0.25) is 59.1 Å². The van der Waals surface area contributed by atoms with Gasteiger partial charge in [0.1, 0.15) is 60.1 Å². The van der Waals surface area contributed by atoms with E-state index in [1.54, 1.807) is 52.1 Å². The number of likely N-dealkylation sites (N-methyl/N-ethyl adjacent to an activating group) is 1. The molecule has 10 amide bonds. The van der Waals surface area contributed by atoms with Gasteiger partial charge >= 0.3 is 5.97 Å². The fourth-order valence-corrected chi connectivity index (χ4v) is 18.7. The van der Waals surface area contributed by atoms with E-state index in [0.717, 1.165) is 63.3 Å². The third kappa shape index (κ3) is 23.1. The Labute approximate surface area is 689 Å². The summed E-state index contributed by atoms with van der Waals surface area (Å²) in [7, 11) is 0. The van der Waals surface area contributed by atoms with Crippen LogP contribution >= 0.6 is 0 Å². The van der Waals surface area contributed by atoms with Crippen molar-refractivity contribution >= 4 is 93.5 Å². The molecule has 644 valence electrons. The number of aliphatic hydroxyl groups excluding tert-OH is 1. The van der Waals surface area contributed by atoms with Gasteiger partial charge in [0, 0.05) is 92.6 Å². The van der Waals surface area contributed by atoms with Gasteiger partial charge in [-0.1, -0.05) is 97.2 Å². The van der Waals surface area contributed by atoms with E-state index in [1.807, 2.05) is 26.0 Å². The summed E-state index contributed by atoms with van der Waals surface area (Å²) in [5.41, 5.74) is 7.95. The zero-order valence-electron chi connectivity index (χ0n) is 69.7. The van der Waals surface area contributed by atoms with Crippen LogP contribution in [0.15, 0.2) is 78.9 Å². The molecule has 0 unspecified atom stereocenters. The van der Waals surface area contributed by atoms with Crippen molar-refractivity contribution in [2.75, 3.05) is 26.2 Å². The van der Waals surface area contributed by atoms with E-state index < -0.39 is 114 Å². The summed E-state index contributed by atoms with van der Waals surface area (Å²) in [6.07, 6.45) is 18.4. The van der Waals surface area contributed by atoms with E-state index in [0.29, 0.717) is 85.0 Å². The number of imidazole rings is 1. The SMILES string of the molecule is CCCCCC(=O)O[C@]1(C(C)=O)CC[C@H]2[C@@H]3CCC4=CC(=O)CC[C@]4(C)[C@H]3CC[C@@]21C.CCNC(=O)[C@@H]1CCCN1C(=O)[C@H](CCCNC(=N)N)NC(=O)[C@H](CC(C)C)NC(=O)[C@@H](CC(C)C)NC(=O)[C@H](Cc1ccc(O)cc1)NC(=O)[C@H](CO)NC(=O)[C@H](Cc1c[nH]c2ccccc12)NC(=O)[C@H](Cc1cnc[nH]1)NC(=O)[C@@H]1CCC(=O)N1. The first-order valence-electron chi connectivity index (χ1n) is 42.2. The summed E-state index contributed by atoms with van der Waals surface area (Å²) in [4.78, 5) is 189. The second-order valence-electron chi connectivity index (χ2n) is 34.1. The van der Waals surface area contributed by atoms with Gasteiger partial charge < -0.3 is 88.7 Å². The predicted molar refractivity (Wildman–Crippen MR) is 440 cm³/mol. The number of ketones is 2. The van der Waals surface area contributed by atoms with Crippen LogP contribution < -0.4 is 58.9 Å². The molecule has 6 aliphatic rings. The van der Waals surface area contributed by atoms with Crippen molar-refractivity contribution in [3.05, 3.63) is 95.7 Å². The molecule has 2 aromatic carbocycles. The number of nitrogens with two attached hydrogens (primary N) is 1. The van der Waals surface area contributed by atoms with Gasteiger partial charge in [-0.25, -0.2) is 4.98 Å². The van der Waals surface area contributed by atoms with E-state index in [9.17, 15) is 72.5 Å². The monoisotopic (exact) mass is 1640 g/mol. The molecule has 4 aliphatic carbocycles. The highest BCUT2D eigenvalue weighted by molar-refractivity contribution is 6.00. The standard InChI is InChI=1S/C59H84N16O12.C27H40O4/c1-6-63-57(86)48-14-10-22-75(48)58(87)41(13-9-21-64-59(60)61)68-51(80)42(23-32(2)3)69-52(81)43(24-33(4)5)70-53(82)44(25-34-15-17-37(77)18-16-34)71-56(85)47(30-76)74-54(83)45(26-35-28-65-39-12-8-7-11-38(35)39)72-55(84)46(27-36-29-62-31-66-36)73-50(79)40-19-20-49(78)67-40;1-5-6-7-8-24(30)31-27(18(2)28)16-13-23-21-10-9-19-17-20(29)11-14-25(19,3)22(21)12-15-26(23,27)4/h7-8,11-12,15-18,28-29,31-33,40-48,65,76-77H,6,9-10,13-14,19-27,30H2,1-5H3,(H,62,66)(H,63,86)(H,67,78)(H,68,80)(H,69,81)(H,70,82)(H,71,85)(H,72,84)(H,73,79)(H,74,83)(H4,60,61,64);17,21-23H,5-16H2,1-4H3/t40-,41-,42-,43+,44-,45-,46-,47-,48-;21-,22+,23+,25+,26+,27+/m01/s1. The molecule has 4 aromatic rings. The molecule has 17 N–H and O–H groups in total. The number of allylic oxidation sites excluding steroid dienone is 1. The number of para-hydroxylation sites is 1. The molecule has 2 saturated heterocycles. The summed E-state index contributed by atoms with van der Waals surface area (Å²) in [5.74, 6) is -6.03. The minimum atomic E-state index is -1.75. The molecule has 4 heterocycles. The number of phenolic OH excluding ortho intramolecular Hbond substituents is 1. The Kier molecular flexibility index (Phi) is 32.3. The molecule has 0 bridgehead atoms. The third-order valence-electron chi connectivity index (χ3n) is 24.9. The highest BCUT2D eigenvalue weighted by atomic mass is 16.6. The average Bonchev–Trinajstić information content (AvgIpc) is 1.50. The molecular formula is C86H124N16O16. The molecule has 10 rings (SSSR count). The Hall–Kier alpha value is -10.5. The zero-order chi connectivity index (χ0) is 85.8. The highest BCUT2D eigenvalue weighted by Gasteiger charge is 2.68. The Balaban J connectivity index is 0.000000423. The van der Waals surface area contributed by atoms with Gasteiger partial charge in [0.05, 0.1) is 12.9 Å². The zero-order valence-corrected chi connectivity index (χ0v) is 69.7. The van der Waals surface area contributed by atoms with Gasteiger partial charge in [-0.2, -0.15) is 0 Å². The molecule has 0 radical (unpaired) electrons. The number of fused-ring (bicyclic) bond motifs is 6. The first-order valence-corrected chi connectivity index (χ1v) is 42.2. The highest BCUT2D eigenvalue weighted by Crippen LogP contribution is 2.68. The van der Waals surface area contributed by atoms with Crippen LogP contribution in [0.4, 0.5) is 0 Å². The number of nitrogens with zero attached hydrogens (tertiary/aromatic N) is 2. The first kappa shape index (κ1) is 91.4. The number of aromatic nitrogens is 3. The lowest BCUT2D eigenvalue weighted by molar-refractivity contribution is -0.189. The Bertz CT molecular complexity index is 4280.